The summed E-state index contributed by atoms with van der Waals surface area (Å²) in [5.74, 6) is -7.50. The van der Waals surface area contributed by atoms with Gasteiger partial charge < -0.3 is 74.9 Å². The third-order valence-corrected chi connectivity index (χ3v) is 14.0. The molecule has 21 nitrogen and oxygen atoms in total. The fourth-order valence-corrected chi connectivity index (χ4v) is 9.32. The predicted molar refractivity (Wildman–Crippen MR) is 276 cm³/mol. The second kappa shape index (κ2) is 29.6. The first-order valence-corrected chi connectivity index (χ1v) is 25.9. The van der Waals surface area contributed by atoms with E-state index < -0.39 is 152 Å². The molecule has 2 aromatic rings. The first kappa shape index (κ1) is 61.7. The molecule has 420 valence electrons. The number of fused-ring (bicyclic) bond motifs is 3. The van der Waals surface area contributed by atoms with Gasteiger partial charge in [-0.25, -0.2) is 4.79 Å². The highest BCUT2D eigenvalue weighted by atomic mass is 16.7. The van der Waals surface area contributed by atoms with E-state index in [1.54, 1.807) is 107 Å². The van der Waals surface area contributed by atoms with E-state index in [1.165, 1.54) is 12.1 Å². The van der Waals surface area contributed by atoms with Crippen LogP contribution in [0.2, 0.25) is 0 Å². The quantitative estimate of drug-likeness (QED) is 0.154. The van der Waals surface area contributed by atoms with Crippen LogP contribution in [-0.4, -0.2) is 170 Å². The maximum absolute atomic E-state index is 14.1. The number of rotatable bonds is 4. The molecular weight excluding hydrogens is 991 g/mol. The lowest BCUT2D eigenvalue weighted by Gasteiger charge is -2.45. The molecule has 0 aliphatic carbocycles. The van der Waals surface area contributed by atoms with E-state index >= 15 is 0 Å². The largest absolute Gasteiger partial charge is 0.462 e. The minimum absolute atomic E-state index is 0.0701. The van der Waals surface area contributed by atoms with Gasteiger partial charge in [0.15, 0.2) is 12.1 Å². The van der Waals surface area contributed by atoms with E-state index in [0.29, 0.717) is 4.85 Å². The zero-order chi connectivity index (χ0) is 55.7. The summed E-state index contributed by atoms with van der Waals surface area (Å²) in [6, 6.07) is 6.19. The zero-order valence-corrected chi connectivity index (χ0v) is 43.5. The Morgan fingerprint density at radius 3 is 1.93 bits per heavy atom. The number of hydrogen-bond donors (Lipinski definition) is 10. The van der Waals surface area contributed by atoms with Crippen LogP contribution in [-0.2, 0) is 28.5 Å². The fraction of sp³-hybridized carbons (Fsp3) is 0.582. The van der Waals surface area contributed by atoms with Gasteiger partial charge in [0.2, 0.25) is 0 Å². The van der Waals surface area contributed by atoms with Crippen LogP contribution in [0.1, 0.15) is 86.0 Å². The monoisotopic (exact) mass is 1070 g/mol. The normalized spacial score (nSPS) is 40.6. The van der Waals surface area contributed by atoms with E-state index in [1.807, 2.05) is 25.2 Å². The van der Waals surface area contributed by atoms with Gasteiger partial charge in [-0.2, -0.15) is 0 Å². The smallest absolute Gasteiger partial charge is 0.343 e. The Hall–Kier alpha value is -5.11. The minimum Gasteiger partial charge on any atom is -0.462 e. The minimum atomic E-state index is -2.41. The lowest BCUT2D eigenvalue weighted by Crippen LogP contribution is -2.58. The van der Waals surface area contributed by atoms with Crippen molar-refractivity contribution in [2.45, 2.75) is 177 Å². The van der Waals surface area contributed by atoms with Gasteiger partial charge in [0.1, 0.15) is 23.6 Å². The Labute approximate surface area is 442 Å². The molecule has 2 bridgehead atoms. The van der Waals surface area contributed by atoms with Crippen molar-refractivity contribution in [3.8, 4) is 0 Å². The van der Waals surface area contributed by atoms with Gasteiger partial charge in [0, 0.05) is 43.4 Å². The van der Waals surface area contributed by atoms with Crippen molar-refractivity contribution in [2.75, 3.05) is 0 Å². The van der Waals surface area contributed by atoms with E-state index in [4.69, 9.17) is 23.8 Å². The SMILES string of the molecule is CC1OC(O[C@H]2/C=C/C=C/C=C/C=C/C=C/C=C/C=C/[C@H](C)[C@@H](O)[C@@H](C)[C@H](C)OC(=O)C[C@H](O)C[C@H](O)CC[C@@H](O)[C@H](O)C[C@H](O)C[C@]3(O)C[C@H](O)[C@@H](C(=O)On4nnc5ccccc5c4=O)[C@H](C2)O3)C(O)C(C)C1O. The molecule has 10 N–H and O–H groups in total. The molecule has 0 amide bonds. The second-order valence-electron chi connectivity index (χ2n) is 20.2. The highest BCUT2D eigenvalue weighted by molar-refractivity contribution is 5.77. The second-order valence-corrected chi connectivity index (χ2v) is 20.2. The van der Waals surface area contributed by atoms with Gasteiger partial charge in [0.25, 0.3) is 0 Å². The Bertz CT molecular complexity index is 2440. The molecule has 76 heavy (non-hydrogen) atoms. The van der Waals surface area contributed by atoms with Gasteiger partial charge in [-0.1, -0.05) is 118 Å². The number of allylic oxidation sites excluding steroid dienone is 12. The van der Waals surface area contributed by atoms with Gasteiger partial charge in [-0.15, -0.1) is 5.10 Å². The fourth-order valence-electron chi connectivity index (χ4n) is 9.32. The molecule has 1 aromatic carbocycles. The molecule has 2 saturated heterocycles. The Morgan fingerprint density at radius 1 is 0.658 bits per heavy atom. The number of benzene rings is 1. The number of hydrogen-bond acceptors (Lipinski definition) is 20. The molecular formula is C55H77N3O18. The standard InChI is InChI=1S/C55H77N3O18/c1-32-20-16-14-12-10-8-6-7-9-11-13-15-17-21-40(74-54-51(68)34(3)50(67)36(5)73-54)29-46-48(53(70)76-58-52(69)41-22-18-19-23-42(41)56-57-58)45(64)31-55(71,75-46)30-39(61)27-44(63)43(62)25-24-37(59)26-38(60)28-47(65)72-35(4)33(2)49(32)66/h6-23,32-40,43-46,48-51,54,59-64,66-68,71H,24-31H2,1-5H3/b7-6+,10-8+,11-9+,14-12+,15-13+,20-16+,21-17+/t32-,33-,34?,35-,36?,37+,38+,39-,40-,43+,44+,45-,46-,48+,49+,50?,51?,54?,55+/m0/s1. The summed E-state index contributed by atoms with van der Waals surface area (Å²) >= 11 is 0. The Kier molecular flexibility index (Phi) is 24.0. The van der Waals surface area contributed by atoms with E-state index in [2.05, 4.69) is 10.3 Å². The predicted octanol–water partition coefficient (Wildman–Crippen LogP) is 1.70. The van der Waals surface area contributed by atoms with Crippen LogP contribution in [0.5, 0.6) is 0 Å². The molecule has 0 spiro atoms. The van der Waals surface area contributed by atoms with Crippen molar-refractivity contribution >= 4 is 22.8 Å². The molecule has 19 atom stereocenters. The van der Waals surface area contributed by atoms with Crippen molar-refractivity contribution in [1.29, 1.82) is 0 Å². The number of carbonyl (C=O) groups is 2. The van der Waals surface area contributed by atoms with Crippen LogP contribution in [0.25, 0.3) is 10.9 Å². The van der Waals surface area contributed by atoms with Gasteiger partial charge in [0.05, 0.1) is 79.0 Å². The summed E-state index contributed by atoms with van der Waals surface area (Å²) in [5, 5.41) is 118. The van der Waals surface area contributed by atoms with Gasteiger partial charge in [-0.05, 0) is 55.3 Å². The molecule has 1 aromatic heterocycles. The molecule has 5 rings (SSSR count). The molecule has 0 saturated carbocycles. The van der Waals surface area contributed by atoms with Crippen molar-refractivity contribution < 1.29 is 84.4 Å². The van der Waals surface area contributed by atoms with Crippen molar-refractivity contribution in [1.82, 2.24) is 15.2 Å². The highest BCUT2D eigenvalue weighted by Gasteiger charge is 2.52. The van der Waals surface area contributed by atoms with Crippen LogP contribution in [0.3, 0.4) is 0 Å². The van der Waals surface area contributed by atoms with Crippen molar-refractivity contribution in [3.05, 3.63) is 120 Å². The van der Waals surface area contributed by atoms with Crippen molar-refractivity contribution in [2.24, 2.45) is 23.7 Å². The summed E-state index contributed by atoms with van der Waals surface area (Å²) in [6.45, 7) is 8.42. The Morgan fingerprint density at radius 2 is 1.28 bits per heavy atom. The number of esters is 1. The maximum atomic E-state index is 14.1. The van der Waals surface area contributed by atoms with E-state index in [-0.39, 0.29) is 42.5 Å². The third kappa shape index (κ3) is 18.3. The van der Waals surface area contributed by atoms with Crippen LogP contribution < -0.4 is 10.4 Å². The molecule has 0 radical (unpaired) electrons. The summed E-state index contributed by atoms with van der Waals surface area (Å²) in [6.07, 6.45) is 3.29. The van der Waals surface area contributed by atoms with Crippen LogP contribution in [0.15, 0.2) is 114 Å². The van der Waals surface area contributed by atoms with E-state index in [9.17, 15) is 65.4 Å². The molecule has 21 heteroatoms. The third-order valence-electron chi connectivity index (χ3n) is 14.0. The Balaban J connectivity index is 1.43. The van der Waals surface area contributed by atoms with E-state index in [0.717, 1.165) is 0 Å². The molecule has 4 heterocycles. The van der Waals surface area contributed by atoms with Gasteiger partial charge in [-0.3, -0.25) is 9.59 Å². The number of aromatic nitrogens is 3. The summed E-state index contributed by atoms with van der Waals surface area (Å²) < 4.78 is 23.9. The lowest BCUT2D eigenvalue weighted by atomic mass is 9.82. The summed E-state index contributed by atoms with van der Waals surface area (Å²) in [4.78, 5) is 46.0. The molecule has 2 fully saturated rings. The number of aliphatic hydroxyl groups excluding tert-OH is 9. The first-order valence-electron chi connectivity index (χ1n) is 25.9. The van der Waals surface area contributed by atoms with Crippen LogP contribution in [0.4, 0.5) is 0 Å². The summed E-state index contributed by atoms with van der Waals surface area (Å²) in [7, 11) is 0. The number of carbonyl (C=O) groups excluding carboxylic acids is 2. The topological polar surface area (TPSA) is 330 Å². The summed E-state index contributed by atoms with van der Waals surface area (Å²) in [5.41, 5.74) is -0.622. The molecule has 5 unspecified atom stereocenters. The number of nitrogens with zero attached hydrogens (tertiary/aromatic N) is 3. The number of cyclic esters (lactones) is 1. The average Bonchev–Trinajstić information content (AvgIpc) is 3.36. The maximum Gasteiger partial charge on any atom is 0.343 e. The van der Waals surface area contributed by atoms with Crippen molar-refractivity contribution in [3.63, 3.8) is 0 Å². The lowest BCUT2D eigenvalue weighted by molar-refractivity contribution is -0.311. The van der Waals surface area contributed by atoms with Gasteiger partial charge >= 0.3 is 17.5 Å². The van der Waals surface area contributed by atoms with Crippen LogP contribution >= 0.6 is 0 Å². The average molecular weight is 1070 g/mol. The molecule has 3 aliphatic rings. The molecule has 3 aliphatic heterocycles. The van der Waals surface area contributed by atoms with Crippen LogP contribution in [0, 0.1) is 23.7 Å². The first-order chi connectivity index (χ1) is 36.1. The zero-order valence-electron chi connectivity index (χ0n) is 43.5. The number of aliphatic hydroxyl groups is 10. The highest BCUT2D eigenvalue weighted by Crippen LogP contribution is 2.39. The number of ether oxygens (including phenoxy) is 4.